The molecular weight excluding hydrogens is 1200 g/mol. The van der Waals surface area contributed by atoms with Gasteiger partial charge in [-0.15, -0.1) is 0 Å². The maximum Gasteiger partial charge on any atom is 0.472 e. The fourth-order valence-corrected chi connectivity index (χ4v) is 12.4. The molecular formula is C72H140O17P2. The molecule has 0 bridgehead atoms. The van der Waals surface area contributed by atoms with E-state index >= 15 is 0 Å². The van der Waals surface area contributed by atoms with E-state index < -0.39 is 97.5 Å². The second-order valence-corrected chi connectivity index (χ2v) is 30.6. The average molecular weight is 1340 g/mol. The summed E-state index contributed by atoms with van der Waals surface area (Å²) in [6, 6.07) is 0. The maximum absolute atomic E-state index is 13.0. The van der Waals surface area contributed by atoms with Gasteiger partial charge in [0.05, 0.1) is 26.4 Å². The standard InChI is InChI=1S/C72H140O17P2/c1-9-65(8)51-43-35-30-31-37-45-53-70(75)83-59-68(88-71(76)54-46-38-28-21-17-13-15-19-25-33-41-49-63(4)5)61-87-91(80,81)85-57-66(73)56-84-90(78,79)86-60-67(89-72(77)55-47-39-29-23-22-26-34-42-50-64(6)7)58-82-69(74)52-44-36-27-20-16-12-10-11-14-18-24-32-40-48-62(2)3/h62-68,73H,9-61H2,1-8H3,(H,78,79)(H,80,81)/t65?,66-,67-,68-/m1/s1. The third kappa shape index (κ3) is 65.1. The number of hydrogen-bond acceptors (Lipinski definition) is 15. The van der Waals surface area contributed by atoms with E-state index in [0.717, 1.165) is 120 Å². The highest BCUT2D eigenvalue weighted by Gasteiger charge is 2.30. The molecule has 0 aromatic rings. The van der Waals surface area contributed by atoms with Crippen molar-refractivity contribution in [3.05, 3.63) is 0 Å². The summed E-state index contributed by atoms with van der Waals surface area (Å²) in [6.45, 7) is 14.1. The minimum Gasteiger partial charge on any atom is -0.462 e. The van der Waals surface area contributed by atoms with Gasteiger partial charge in [0.25, 0.3) is 0 Å². The molecule has 6 atom stereocenters. The summed E-state index contributed by atoms with van der Waals surface area (Å²) in [4.78, 5) is 72.6. The number of aliphatic hydroxyl groups excluding tert-OH is 1. The monoisotopic (exact) mass is 1340 g/mol. The molecule has 0 aromatic heterocycles. The lowest BCUT2D eigenvalue weighted by Gasteiger charge is -2.21. The molecule has 0 rings (SSSR count). The largest absolute Gasteiger partial charge is 0.472 e. The number of rotatable bonds is 69. The predicted octanol–water partition coefficient (Wildman–Crippen LogP) is 20.5. The number of hydrogen-bond donors (Lipinski definition) is 3. The van der Waals surface area contributed by atoms with Crippen LogP contribution in [0.5, 0.6) is 0 Å². The van der Waals surface area contributed by atoms with Crippen molar-refractivity contribution in [2.75, 3.05) is 39.6 Å². The quantitative estimate of drug-likeness (QED) is 0.0222. The summed E-state index contributed by atoms with van der Waals surface area (Å²) in [6.07, 6.45) is 44.5. The van der Waals surface area contributed by atoms with Crippen molar-refractivity contribution in [2.45, 2.75) is 375 Å². The first kappa shape index (κ1) is 89.1. The summed E-state index contributed by atoms with van der Waals surface area (Å²) in [5.74, 6) is 0.877. The molecule has 0 heterocycles. The summed E-state index contributed by atoms with van der Waals surface area (Å²) in [5, 5.41) is 10.6. The van der Waals surface area contributed by atoms with Crippen molar-refractivity contribution in [3.8, 4) is 0 Å². The van der Waals surface area contributed by atoms with Gasteiger partial charge in [-0.2, -0.15) is 0 Å². The fourth-order valence-electron chi connectivity index (χ4n) is 10.8. The molecule has 3 unspecified atom stereocenters. The van der Waals surface area contributed by atoms with Crippen molar-refractivity contribution in [1.29, 1.82) is 0 Å². The minimum absolute atomic E-state index is 0.104. The van der Waals surface area contributed by atoms with Gasteiger partial charge >= 0.3 is 39.5 Å². The topological polar surface area (TPSA) is 237 Å². The number of esters is 4. The second kappa shape index (κ2) is 61.6. The highest BCUT2D eigenvalue weighted by molar-refractivity contribution is 7.47. The Labute approximate surface area is 556 Å². The first-order valence-corrected chi connectivity index (χ1v) is 40.2. The Balaban J connectivity index is 5.24. The van der Waals surface area contributed by atoms with Gasteiger partial charge < -0.3 is 33.8 Å². The van der Waals surface area contributed by atoms with Crippen LogP contribution in [-0.4, -0.2) is 96.7 Å². The molecule has 0 saturated carbocycles. The third-order valence-electron chi connectivity index (χ3n) is 16.9. The zero-order valence-electron chi connectivity index (χ0n) is 59.5. The molecule has 0 saturated heterocycles. The van der Waals surface area contributed by atoms with Gasteiger partial charge in [0, 0.05) is 25.7 Å². The molecule has 540 valence electrons. The van der Waals surface area contributed by atoms with E-state index in [1.54, 1.807) is 0 Å². The second-order valence-electron chi connectivity index (χ2n) is 27.6. The molecule has 3 N–H and O–H groups in total. The first-order chi connectivity index (χ1) is 43.6. The Bertz CT molecular complexity index is 1800. The third-order valence-corrected chi connectivity index (χ3v) is 18.8. The van der Waals surface area contributed by atoms with Crippen molar-refractivity contribution < 1.29 is 80.2 Å². The normalized spacial score (nSPS) is 14.5. The number of carbonyl (C=O) groups is 4. The van der Waals surface area contributed by atoms with E-state index in [1.165, 1.54) is 154 Å². The van der Waals surface area contributed by atoms with Crippen LogP contribution in [0.25, 0.3) is 0 Å². The van der Waals surface area contributed by atoms with Gasteiger partial charge in [-0.1, -0.05) is 306 Å². The van der Waals surface area contributed by atoms with Crippen LogP contribution in [0.1, 0.15) is 357 Å². The van der Waals surface area contributed by atoms with Crippen LogP contribution in [0.15, 0.2) is 0 Å². The Morgan fingerprint density at radius 2 is 0.527 bits per heavy atom. The van der Waals surface area contributed by atoms with Crippen LogP contribution in [-0.2, 0) is 65.4 Å². The zero-order chi connectivity index (χ0) is 67.5. The highest BCUT2D eigenvalue weighted by Crippen LogP contribution is 2.45. The van der Waals surface area contributed by atoms with Gasteiger partial charge in [0.15, 0.2) is 12.2 Å². The Hall–Kier alpha value is -1.94. The SMILES string of the molecule is CCC(C)CCCCCCCCC(=O)OC[C@H](COP(=O)(O)OC[C@H](O)COP(=O)(O)OC[C@@H](COC(=O)CCCCCCCCCCCCCCCC(C)C)OC(=O)CCCCCCCCCCC(C)C)OC(=O)CCCCCCCCCCCCCC(C)C. The molecule has 17 nitrogen and oxygen atoms in total. The van der Waals surface area contributed by atoms with E-state index in [4.69, 9.17) is 37.0 Å². The molecule has 0 radical (unpaired) electrons. The predicted molar refractivity (Wildman–Crippen MR) is 367 cm³/mol. The number of unbranched alkanes of at least 4 members (excludes halogenated alkanes) is 34. The molecule has 91 heavy (non-hydrogen) atoms. The summed E-state index contributed by atoms with van der Waals surface area (Å²) >= 11 is 0. The summed E-state index contributed by atoms with van der Waals surface area (Å²) < 4.78 is 68.3. The van der Waals surface area contributed by atoms with Crippen molar-refractivity contribution in [1.82, 2.24) is 0 Å². The molecule has 0 aliphatic carbocycles. The van der Waals surface area contributed by atoms with E-state index in [0.29, 0.717) is 25.7 Å². The highest BCUT2D eigenvalue weighted by atomic mass is 31.2. The maximum atomic E-state index is 13.0. The van der Waals surface area contributed by atoms with Crippen LogP contribution in [0.4, 0.5) is 0 Å². The van der Waals surface area contributed by atoms with Crippen LogP contribution in [0.3, 0.4) is 0 Å². The number of phosphoric ester groups is 2. The molecule has 0 amide bonds. The van der Waals surface area contributed by atoms with E-state index in [9.17, 15) is 43.2 Å². The fraction of sp³-hybridized carbons (Fsp3) is 0.944. The van der Waals surface area contributed by atoms with E-state index in [-0.39, 0.29) is 25.7 Å². The van der Waals surface area contributed by atoms with Gasteiger partial charge in [0.2, 0.25) is 0 Å². The van der Waals surface area contributed by atoms with Gasteiger partial charge in [-0.25, -0.2) is 9.13 Å². The molecule has 0 aliphatic heterocycles. The van der Waals surface area contributed by atoms with Crippen molar-refractivity contribution in [3.63, 3.8) is 0 Å². The Morgan fingerprint density at radius 3 is 0.780 bits per heavy atom. The number of carbonyl (C=O) groups excluding carboxylic acids is 4. The average Bonchev–Trinajstić information content (AvgIpc) is 3.55. The van der Waals surface area contributed by atoms with Crippen LogP contribution in [0, 0.1) is 23.7 Å². The molecule has 0 spiro atoms. The lowest BCUT2D eigenvalue weighted by atomic mass is 10.00. The first-order valence-electron chi connectivity index (χ1n) is 37.2. The number of ether oxygens (including phenoxy) is 4. The van der Waals surface area contributed by atoms with Crippen LogP contribution < -0.4 is 0 Å². The summed E-state index contributed by atoms with van der Waals surface area (Å²) in [7, 11) is -9.91. The van der Waals surface area contributed by atoms with Crippen molar-refractivity contribution in [2.24, 2.45) is 23.7 Å². The van der Waals surface area contributed by atoms with Gasteiger partial charge in [0.1, 0.15) is 19.3 Å². The Kier molecular flexibility index (Phi) is 60.3. The number of aliphatic hydroxyl groups is 1. The smallest absolute Gasteiger partial charge is 0.462 e. The summed E-state index contributed by atoms with van der Waals surface area (Å²) in [5.41, 5.74) is 0. The van der Waals surface area contributed by atoms with Crippen molar-refractivity contribution >= 4 is 39.5 Å². The molecule has 0 aromatic carbocycles. The van der Waals surface area contributed by atoms with E-state index in [2.05, 4.69) is 55.4 Å². The molecule has 19 heteroatoms. The van der Waals surface area contributed by atoms with Gasteiger partial charge in [-0.3, -0.25) is 37.3 Å². The van der Waals surface area contributed by atoms with Crippen LogP contribution >= 0.6 is 15.6 Å². The molecule has 0 aliphatic rings. The van der Waals surface area contributed by atoms with Gasteiger partial charge in [-0.05, 0) is 49.4 Å². The van der Waals surface area contributed by atoms with Crippen LogP contribution in [0.2, 0.25) is 0 Å². The Morgan fingerprint density at radius 1 is 0.308 bits per heavy atom. The molecule has 0 fully saturated rings. The van der Waals surface area contributed by atoms with E-state index in [1.807, 2.05) is 0 Å². The minimum atomic E-state index is -4.95. The lowest BCUT2D eigenvalue weighted by Crippen LogP contribution is -2.30. The number of phosphoric acid groups is 2. The zero-order valence-corrected chi connectivity index (χ0v) is 61.3. The lowest BCUT2D eigenvalue weighted by molar-refractivity contribution is -0.161.